The molecule has 0 saturated heterocycles. The molecule has 2 nitrogen and oxygen atoms in total. The molecule has 1 N–H and O–H groups in total. The molecule has 0 unspecified atom stereocenters. The Hall–Kier alpha value is -1.44. The van der Waals surface area contributed by atoms with E-state index >= 15 is 0 Å². The first-order valence-corrected chi connectivity index (χ1v) is 4.91. The first-order valence-electron chi connectivity index (χ1n) is 4.91. The number of hydrogen-bond acceptors (Lipinski definition) is 1. The summed E-state index contributed by atoms with van der Waals surface area (Å²) in [5.41, 5.74) is -5.65. The fourth-order valence-electron chi connectivity index (χ4n) is 0.942. The van der Waals surface area contributed by atoms with Crippen molar-refractivity contribution in [1.82, 2.24) is 5.32 Å². The van der Waals surface area contributed by atoms with Crippen molar-refractivity contribution in [2.24, 2.45) is 5.41 Å². The molecule has 0 aliphatic rings. The van der Waals surface area contributed by atoms with Gasteiger partial charge in [0, 0.05) is 0 Å². The van der Waals surface area contributed by atoms with Crippen molar-refractivity contribution in [2.45, 2.75) is 37.4 Å². The van der Waals surface area contributed by atoms with Crippen LogP contribution in [0.1, 0.15) is 6.92 Å². The second-order valence-corrected chi connectivity index (χ2v) is 4.22. The summed E-state index contributed by atoms with van der Waals surface area (Å²) in [6, 6.07) is -6.76. The topological polar surface area (TPSA) is 29.1 Å². The minimum atomic E-state index is -7.12. The molecule has 0 fully saturated rings. The largest absolute Gasteiger partial charge is 0.462 e. The predicted octanol–water partition coefficient (Wildman–Crippen LogP) is 4.02. The lowest BCUT2D eigenvalue weighted by molar-refractivity contribution is -0.363. The second kappa shape index (κ2) is 5.29. The molecule has 0 aliphatic carbocycles. The molecule has 1 amide bonds. The Bertz CT molecular complexity index is 442. The molecule has 0 spiro atoms. The summed E-state index contributed by atoms with van der Waals surface area (Å²) in [5.74, 6) is -10.9. The molecule has 0 heterocycles. The number of halogens is 13. The molecule has 15 heteroatoms. The van der Waals surface area contributed by atoms with E-state index in [9.17, 15) is 61.9 Å². The number of amides is 1. The molecule has 0 aromatic heterocycles. The van der Waals surface area contributed by atoms with Crippen molar-refractivity contribution in [3.05, 3.63) is 0 Å². The van der Waals surface area contributed by atoms with Gasteiger partial charge in [-0.2, -0.15) is 57.1 Å². The molecule has 0 rings (SSSR count). The van der Waals surface area contributed by atoms with Crippen molar-refractivity contribution in [1.29, 1.82) is 0 Å². The lowest BCUT2D eigenvalue weighted by Gasteiger charge is -2.35. The summed E-state index contributed by atoms with van der Waals surface area (Å²) in [6.07, 6.45) is -20.3. The smallest absolute Gasteiger partial charge is 0.291 e. The summed E-state index contributed by atoms with van der Waals surface area (Å²) < 4.78 is 159. The number of alkyl halides is 13. The van der Waals surface area contributed by atoms with Crippen molar-refractivity contribution in [2.75, 3.05) is 0 Å². The summed E-state index contributed by atoms with van der Waals surface area (Å²) in [6.45, 7) is -0.996. The van der Waals surface area contributed by atoms with Crippen LogP contribution in [0.4, 0.5) is 57.1 Å². The normalized spacial score (nSPS) is 15.6. The van der Waals surface area contributed by atoms with E-state index in [-0.39, 0.29) is 0 Å². The molecule has 23 heavy (non-hydrogen) atoms. The average molecular weight is 377 g/mol. The number of carbonyl (C=O) groups is 1. The van der Waals surface area contributed by atoms with Crippen LogP contribution in [0.5, 0.6) is 0 Å². The maximum absolute atomic E-state index is 12.7. The second-order valence-electron chi connectivity index (χ2n) is 4.22. The third-order valence-corrected chi connectivity index (χ3v) is 2.61. The highest BCUT2D eigenvalue weighted by molar-refractivity contribution is 5.84. The van der Waals surface area contributed by atoms with E-state index < -0.39 is 54.1 Å². The lowest BCUT2D eigenvalue weighted by atomic mass is 9.87. The summed E-state index contributed by atoms with van der Waals surface area (Å²) in [7, 11) is 0. The third kappa shape index (κ3) is 3.41. The van der Waals surface area contributed by atoms with Gasteiger partial charge in [0.25, 0.3) is 0 Å². The SMILES string of the molecule is CC(C(=O)NC(F)(F)C(F)(F)C(F)(F)F)(C(F)(F)F)C(F)(F)F. The van der Waals surface area contributed by atoms with Crippen LogP contribution in [-0.2, 0) is 4.79 Å². The Kier molecular flexibility index (Phi) is 4.96. The zero-order valence-electron chi connectivity index (χ0n) is 10.3. The van der Waals surface area contributed by atoms with E-state index in [0.29, 0.717) is 0 Å². The minimum absolute atomic E-state index is 0.825. The van der Waals surface area contributed by atoms with Crippen LogP contribution in [0.2, 0.25) is 0 Å². The molecule has 0 radical (unpaired) electrons. The average Bonchev–Trinajstić information content (AvgIpc) is 2.21. The molecule has 0 aromatic carbocycles. The zero-order valence-corrected chi connectivity index (χ0v) is 10.3. The maximum Gasteiger partial charge on any atom is 0.462 e. The van der Waals surface area contributed by atoms with Crippen molar-refractivity contribution >= 4 is 5.91 Å². The Morgan fingerprint density at radius 1 is 0.652 bits per heavy atom. The Morgan fingerprint density at radius 3 is 1.17 bits per heavy atom. The van der Waals surface area contributed by atoms with Crippen molar-refractivity contribution in [3.8, 4) is 0 Å². The standard InChI is InChI=1S/C8H4F13NO/c1-3(5(11,12)13,6(14,15)16)2(23)22-8(20,21)4(9,10)7(17,18)19/h1H3,(H,22,23). The van der Waals surface area contributed by atoms with E-state index in [4.69, 9.17) is 0 Å². The van der Waals surface area contributed by atoms with Gasteiger partial charge in [-0.3, -0.25) is 10.1 Å². The van der Waals surface area contributed by atoms with Gasteiger partial charge in [0.15, 0.2) is 0 Å². The highest BCUT2D eigenvalue weighted by Gasteiger charge is 2.77. The molecule has 0 saturated carbocycles. The Labute approximate surface area is 117 Å². The Morgan fingerprint density at radius 2 is 0.957 bits per heavy atom. The van der Waals surface area contributed by atoms with Crippen LogP contribution in [-0.4, -0.2) is 36.4 Å². The van der Waals surface area contributed by atoms with E-state index in [2.05, 4.69) is 0 Å². The van der Waals surface area contributed by atoms with Crippen LogP contribution in [0.25, 0.3) is 0 Å². The molecular weight excluding hydrogens is 373 g/mol. The molecule has 0 aromatic rings. The minimum Gasteiger partial charge on any atom is -0.291 e. The predicted molar refractivity (Wildman–Crippen MR) is 44.3 cm³/mol. The van der Waals surface area contributed by atoms with Crippen molar-refractivity contribution < 1.29 is 61.9 Å². The van der Waals surface area contributed by atoms with E-state index in [1.54, 1.807) is 0 Å². The maximum atomic E-state index is 12.7. The van der Waals surface area contributed by atoms with Gasteiger partial charge >= 0.3 is 30.5 Å². The van der Waals surface area contributed by atoms with Crippen LogP contribution < -0.4 is 5.32 Å². The third-order valence-electron chi connectivity index (χ3n) is 2.61. The summed E-state index contributed by atoms with van der Waals surface area (Å²) >= 11 is 0. The number of carbonyl (C=O) groups excluding carboxylic acids is 1. The van der Waals surface area contributed by atoms with Crippen LogP contribution in [0.3, 0.4) is 0 Å². The molecule has 0 atom stereocenters. The quantitative estimate of drug-likeness (QED) is 0.584. The highest BCUT2D eigenvalue weighted by Crippen LogP contribution is 2.51. The first kappa shape index (κ1) is 21.6. The highest BCUT2D eigenvalue weighted by atomic mass is 19.4. The van der Waals surface area contributed by atoms with Gasteiger partial charge in [0.1, 0.15) is 0 Å². The monoisotopic (exact) mass is 377 g/mol. The first-order chi connectivity index (χ1) is 9.63. The van der Waals surface area contributed by atoms with Crippen LogP contribution in [0.15, 0.2) is 0 Å². The molecular formula is C8H4F13NO. The molecule has 0 aliphatic heterocycles. The number of hydrogen-bond donors (Lipinski definition) is 1. The summed E-state index contributed by atoms with van der Waals surface area (Å²) in [4.78, 5) is 10.8. The van der Waals surface area contributed by atoms with E-state index in [1.165, 1.54) is 0 Å². The number of nitrogens with one attached hydrogen (secondary N) is 1. The van der Waals surface area contributed by atoms with E-state index in [0.717, 1.165) is 0 Å². The fraction of sp³-hybridized carbons (Fsp3) is 0.875. The van der Waals surface area contributed by atoms with E-state index in [1.807, 2.05) is 0 Å². The van der Waals surface area contributed by atoms with Gasteiger partial charge in [-0.15, -0.1) is 0 Å². The van der Waals surface area contributed by atoms with Gasteiger partial charge < -0.3 is 0 Å². The molecule has 138 valence electrons. The van der Waals surface area contributed by atoms with Crippen molar-refractivity contribution in [3.63, 3.8) is 0 Å². The lowest BCUT2D eigenvalue weighted by Crippen LogP contribution is -2.66. The van der Waals surface area contributed by atoms with Gasteiger partial charge in [-0.05, 0) is 6.92 Å². The molecule has 0 bridgehead atoms. The van der Waals surface area contributed by atoms with Gasteiger partial charge in [0.05, 0.1) is 0 Å². The van der Waals surface area contributed by atoms with Crippen LogP contribution in [0, 0.1) is 5.41 Å². The van der Waals surface area contributed by atoms with Crippen LogP contribution >= 0.6 is 0 Å². The van der Waals surface area contributed by atoms with Gasteiger partial charge in [-0.25, -0.2) is 0 Å². The number of rotatable bonds is 3. The summed E-state index contributed by atoms with van der Waals surface area (Å²) in [5, 5.41) is -0.825. The Balaban J connectivity index is 5.89. The fourth-order valence-corrected chi connectivity index (χ4v) is 0.942. The van der Waals surface area contributed by atoms with Gasteiger partial charge in [-0.1, -0.05) is 0 Å². The van der Waals surface area contributed by atoms with Gasteiger partial charge in [0.2, 0.25) is 11.3 Å². The zero-order chi connectivity index (χ0) is 19.3.